The molecular weight excluding hydrogens is 332 g/mol. The van der Waals surface area contributed by atoms with Crippen LogP contribution in [0.15, 0.2) is 11.4 Å². The predicted octanol–water partition coefficient (Wildman–Crippen LogP) is 3.87. The van der Waals surface area contributed by atoms with E-state index in [1.807, 2.05) is 37.0 Å². The molecular formula is C20H30N2O2S. The van der Waals surface area contributed by atoms with E-state index in [-0.39, 0.29) is 29.2 Å². The molecule has 1 aromatic rings. The molecule has 0 aliphatic carbocycles. The molecule has 1 saturated heterocycles. The lowest BCUT2D eigenvalue weighted by Gasteiger charge is -2.41. The molecule has 0 aromatic carbocycles. The SMILES string of the molecule is CCC1c2ccsc2CCN1C(=O)C1CCCN(C(=O)C(C)(C)C)C1. The van der Waals surface area contributed by atoms with Crippen LogP contribution in [0.2, 0.25) is 0 Å². The van der Waals surface area contributed by atoms with E-state index in [4.69, 9.17) is 0 Å². The lowest BCUT2D eigenvalue weighted by atomic mass is 9.89. The van der Waals surface area contributed by atoms with Gasteiger partial charge >= 0.3 is 0 Å². The molecule has 0 spiro atoms. The van der Waals surface area contributed by atoms with Crippen LogP contribution in [0.1, 0.15) is 63.4 Å². The number of hydrogen-bond donors (Lipinski definition) is 0. The first-order chi connectivity index (χ1) is 11.8. The smallest absolute Gasteiger partial charge is 0.227 e. The first kappa shape index (κ1) is 18.4. The van der Waals surface area contributed by atoms with Crippen LogP contribution < -0.4 is 0 Å². The van der Waals surface area contributed by atoms with Crippen LogP contribution in [0.3, 0.4) is 0 Å². The quantitative estimate of drug-likeness (QED) is 0.801. The summed E-state index contributed by atoms with van der Waals surface area (Å²) in [6, 6.07) is 2.39. The molecule has 138 valence electrons. The monoisotopic (exact) mass is 362 g/mol. The van der Waals surface area contributed by atoms with Crippen LogP contribution in [0.25, 0.3) is 0 Å². The Morgan fingerprint density at radius 3 is 2.72 bits per heavy atom. The lowest BCUT2D eigenvalue weighted by Crippen LogP contribution is -2.50. The Morgan fingerprint density at radius 1 is 1.28 bits per heavy atom. The van der Waals surface area contributed by atoms with Gasteiger partial charge in [-0.1, -0.05) is 27.7 Å². The molecule has 0 N–H and O–H groups in total. The van der Waals surface area contributed by atoms with Gasteiger partial charge in [0.1, 0.15) is 0 Å². The lowest BCUT2D eigenvalue weighted by molar-refractivity contribution is -0.146. The van der Waals surface area contributed by atoms with Crippen molar-refractivity contribution in [3.63, 3.8) is 0 Å². The van der Waals surface area contributed by atoms with Gasteiger partial charge in [-0.05, 0) is 42.7 Å². The van der Waals surface area contributed by atoms with Gasteiger partial charge in [-0.25, -0.2) is 0 Å². The van der Waals surface area contributed by atoms with Gasteiger partial charge in [0.15, 0.2) is 0 Å². The fourth-order valence-corrected chi connectivity index (χ4v) is 5.10. The third-order valence-electron chi connectivity index (χ3n) is 5.46. The molecule has 2 aliphatic rings. The molecule has 2 aliphatic heterocycles. The van der Waals surface area contributed by atoms with E-state index in [9.17, 15) is 9.59 Å². The first-order valence-corrected chi connectivity index (χ1v) is 10.4. The van der Waals surface area contributed by atoms with Crippen LogP contribution >= 0.6 is 11.3 Å². The van der Waals surface area contributed by atoms with Gasteiger partial charge in [-0.15, -0.1) is 11.3 Å². The number of thiophene rings is 1. The highest BCUT2D eigenvalue weighted by atomic mass is 32.1. The Hall–Kier alpha value is -1.36. The summed E-state index contributed by atoms with van der Waals surface area (Å²) < 4.78 is 0. The molecule has 2 atom stereocenters. The number of piperidine rings is 1. The third kappa shape index (κ3) is 3.62. The second-order valence-corrected chi connectivity index (χ2v) is 9.35. The highest BCUT2D eigenvalue weighted by molar-refractivity contribution is 7.10. The number of carbonyl (C=O) groups is 2. The summed E-state index contributed by atoms with van der Waals surface area (Å²) in [5.41, 5.74) is 0.957. The summed E-state index contributed by atoms with van der Waals surface area (Å²) >= 11 is 1.81. The van der Waals surface area contributed by atoms with E-state index in [2.05, 4.69) is 23.3 Å². The van der Waals surface area contributed by atoms with Gasteiger partial charge in [0, 0.05) is 29.9 Å². The number of amides is 2. The van der Waals surface area contributed by atoms with E-state index in [1.165, 1.54) is 10.4 Å². The normalized spacial score (nSPS) is 24.2. The van der Waals surface area contributed by atoms with Gasteiger partial charge in [-0.2, -0.15) is 0 Å². The average Bonchev–Trinajstić information content (AvgIpc) is 3.07. The zero-order valence-electron chi connectivity index (χ0n) is 15.9. The maximum Gasteiger partial charge on any atom is 0.227 e. The molecule has 2 unspecified atom stereocenters. The number of fused-ring (bicyclic) bond motifs is 1. The van der Waals surface area contributed by atoms with E-state index in [1.54, 1.807) is 0 Å². The van der Waals surface area contributed by atoms with Crippen molar-refractivity contribution in [2.45, 2.75) is 59.4 Å². The second-order valence-electron chi connectivity index (χ2n) is 8.35. The summed E-state index contributed by atoms with van der Waals surface area (Å²) in [5, 5.41) is 2.14. The van der Waals surface area contributed by atoms with Gasteiger partial charge in [-0.3, -0.25) is 9.59 Å². The fourth-order valence-electron chi connectivity index (χ4n) is 4.17. The third-order valence-corrected chi connectivity index (χ3v) is 6.46. The largest absolute Gasteiger partial charge is 0.341 e. The molecule has 0 bridgehead atoms. The summed E-state index contributed by atoms with van der Waals surface area (Å²) in [7, 11) is 0. The molecule has 5 heteroatoms. The van der Waals surface area contributed by atoms with Crippen LogP contribution in [0.5, 0.6) is 0 Å². The zero-order chi connectivity index (χ0) is 18.2. The van der Waals surface area contributed by atoms with Crippen molar-refractivity contribution < 1.29 is 9.59 Å². The number of rotatable bonds is 2. The summed E-state index contributed by atoms with van der Waals surface area (Å²) in [6.45, 7) is 10.2. The van der Waals surface area contributed by atoms with E-state index in [0.29, 0.717) is 6.54 Å². The van der Waals surface area contributed by atoms with Gasteiger partial charge < -0.3 is 9.80 Å². The van der Waals surface area contributed by atoms with Crippen molar-refractivity contribution in [2.75, 3.05) is 19.6 Å². The topological polar surface area (TPSA) is 40.6 Å². The number of carbonyl (C=O) groups excluding carboxylic acids is 2. The maximum atomic E-state index is 13.3. The maximum absolute atomic E-state index is 13.3. The molecule has 0 saturated carbocycles. The summed E-state index contributed by atoms with van der Waals surface area (Å²) in [6.07, 6.45) is 3.74. The van der Waals surface area contributed by atoms with Crippen molar-refractivity contribution in [1.82, 2.24) is 9.80 Å². The molecule has 1 fully saturated rings. The molecule has 0 radical (unpaired) electrons. The van der Waals surface area contributed by atoms with E-state index < -0.39 is 0 Å². The highest BCUT2D eigenvalue weighted by Crippen LogP contribution is 2.37. The standard InChI is InChI=1S/C20H30N2O2S/c1-5-16-15-9-12-25-17(15)8-11-22(16)18(23)14-7-6-10-21(13-14)19(24)20(2,3)4/h9,12,14,16H,5-8,10-11,13H2,1-4H3. The minimum Gasteiger partial charge on any atom is -0.341 e. The van der Waals surface area contributed by atoms with Crippen LogP contribution in [0, 0.1) is 11.3 Å². The molecule has 25 heavy (non-hydrogen) atoms. The Kier molecular flexibility index (Phi) is 5.24. The van der Waals surface area contributed by atoms with Crippen molar-refractivity contribution >= 4 is 23.2 Å². The number of hydrogen-bond acceptors (Lipinski definition) is 3. The highest BCUT2D eigenvalue weighted by Gasteiger charge is 2.38. The molecule has 4 nitrogen and oxygen atoms in total. The van der Waals surface area contributed by atoms with Gasteiger partial charge in [0.25, 0.3) is 0 Å². The molecule has 3 heterocycles. The number of nitrogens with zero attached hydrogens (tertiary/aromatic N) is 2. The zero-order valence-corrected chi connectivity index (χ0v) is 16.7. The fraction of sp³-hybridized carbons (Fsp3) is 0.700. The van der Waals surface area contributed by atoms with E-state index >= 15 is 0 Å². The van der Waals surface area contributed by atoms with Crippen molar-refractivity contribution in [3.8, 4) is 0 Å². The Bertz CT molecular complexity index is 646. The van der Waals surface area contributed by atoms with Gasteiger partial charge in [0.05, 0.1) is 12.0 Å². The first-order valence-electron chi connectivity index (χ1n) is 9.49. The number of likely N-dealkylation sites (tertiary alicyclic amines) is 1. The summed E-state index contributed by atoms with van der Waals surface area (Å²) in [4.78, 5) is 31.3. The van der Waals surface area contributed by atoms with Crippen LogP contribution in [0.4, 0.5) is 0 Å². The van der Waals surface area contributed by atoms with Crippen LogP contribution in [-0.2, 0) is 16.0 Å². The predicted molar refractivity (Wildman–Crippen MR) is 102 cm³/mol. The average molecular weight is 363 g/mol. The van der Waals surface area contributed by atoms with Crippen molar-refractivity contribution in [3.05, 3.63) is 21.9 Å². The molecule has 3 rings (SSSR count). The van der Waals surface area contributed by atoms with Crippen LogP contribution in [-0.4, -0.2) is 41.2 Å². The Balaban J connectivity index is 1.73. The minimum atomic E-state index is -0.381. The summed E-state index contributed by atoms with van der Waals surface area (Å²) in [5.74, 6) is 0.361. The van der Waals surface area contributed by atoms with Crippen molar-refractivity contribution in [1.29, 1.82) is 0 Å². The minimum absolute atomic E-state index is 0.0470. The Morgan fingerprint density at radius 2 is 2.04 bits per heavy atom. The molecule has 2 amide bonds. The molecule has 1 aromatic heterocycles. The van der Waals surface area contributed by atoms with Crippen molar-refractivity contribution in [2.24, 2.45) is 11.3 Å². The Labute approximate surface area is 155 Å². The van der Waals surface area contributed by atoms with Gasteiger partial charge in [0.2, 0.25) is 11.8 Å². The second kappa shape index (κ2) is 7.10. The van der Waals surface area contributed by atoms with E-state index in [0.717, 1.165) is 38.8 Å².